The first-order valence-corrected chi connectivity index (χ1v) is 12.3. The van der Waals surface area contributed by atoms with Crippen molar-refractivity contribution >= 4 is 23.8 Å². The molecule has 39 heavy (non-hydrogen) atoms. The molecule has 0 saturated heterocycles. The Kier molecular flexibility index (Phi) is 8.12. The van der Waals surface area contributed by atoms with Crippen LogP contribution >= 0.6 is 0 Å². The summed E-state index contributed by atoms with van der Waals surface area (Å²) in [5.74, 6) is 0.0592. The van der Waals surface area contributed by atoms with Gasteiger partial charge in [0.2, 0.25) is 0 Å². The van der Waals surface area contributed by atoms with Crippen LogP contribution in [0.4, 0.5) is 25.5 Å². The Morgan fingerprint density at radius 3 is 2.46 bits per heavy atom. The predicted molar refractivity (Wildman–Crippen MR) is 138 cm³/mol. The van der Waals surface area contributed by atoms with Gasteiger partial charge in [-0.3, -0.25) is 15.4 Å². The van der Waals surface area contributed by atoms with E-state index in [1.54, 1.807) is 10.7 Å². The molecule has 1 aliphatic rings. The lowest BCUT2D eigenvalue weighted by Crippen LogP contribution is -2.27. The Morgan fingerprint density at radius 2 is 1.82 bits per heavy atom. The van der Waals surface area contributed by atoms with Crippen LogP contribution in [0.15, 0.2) is 60.7 Å². The number of ether oxygens (including phenoxy) is 3. The van der Waals surface area contributed by atoms with Gasteiger partial charge in [0.05, 0.1) is 16.2 Å². The van der Waals surface area contributed by atoms with Crippen LogP contribution in [-0.2, 0) is 21.6 Å². The summed E-state index contributed by atoms with van der Waals surface area (Å²) in [5, 5.41) is 18.1. The molecule has 0 radical (unpaired) electrons. The SMILES string of the molecule is CC(C)(C)n1nc([C@H]2C[C@@H](F)[C@@H](OC(=O)Oc3ccc([N+](=O)[O-])cc3)C2)cc1NC(=O)OCc1ccccc1. The number of nitrogens with one attached hydrogen (secondary N) is 1. The van der Waals surface area contributed by atoms with Crippen molar-refractivity contribution in [1.82, 2.24) is 9.78 Å². The molecule has 4 rings (SSSR count). The second-order valence-corrected chi connectivity index (χ2v) is 10.2. The average Bonchev–Trinajstić information content (AvgIpc) is 3.47. The second-order valence-electron chi connectivity index (χ2n) is 10.2. The largest absolute Gasteiger partial charge is 0.514 e. The van der Waals surface area contributed by atoms with E-state index in [-0.39, 0.29) is 36.8 Å². The summed E-state index contributed by atoms with van der Waals surface area (Å²) in [6.07, 6.45) is -4.05. The smallest absolute Gasteiger partial charge is 0.444 e. The van der Waals surface area contributed by atoms with Crippen molar-refractivity contribution in [2.24, 2.45) is 0 Å². The predicted octanol–water partition coefficient (Wildman–Crippen LogP) is 6.09. The van der Waals surface area contributed by atoms with Crippen LogP contribution in [0.3, 0.4) is 0 Å². The van der Waals surface area contributed by atoms with Gasteiger partial charge < -0.3 is 14.2 Å². The van der Waals surface area contributed by atoms with Crippen molar-refractivity contribution in [2.45, 2.75) is 64.0 Å². The molecule has 1 amide bonds. The average molecular weight is 541 g/mol. The van der Waals surface area contributed by atoms with Crippen LogP contribution in [0, 0.1) is 10.1 Å². The molecule has 2 aromatic carbocycles. The molecule has 0 aliphatic heterocycles. The zero-order valence-corrected chi connectivity index (χ0v) is 21.7. The van der Waals surface area contributed by atoms with Crippen molar-refractivity contribution in [3.8, 4) is 5.75 Å². The zero-order chi connectivity index (χ0) is 28.2. The fraction of sp³-hybridized carbons (Fsp3) is 0.370. The molecule has 1 saturated carbocycles. The van der Waals surface area contributed by atoms with Crippen molar-refractivity contribution in [1.29, 1.82) is 0 Å². The van der Waals surface area contributed by atoms with Crippen LogP contribution in [0.5, 0.6) is 5.75 Å². The molecule has 206 valence electrons. The Hall–Kier alpha value is -4.48. The van der Waals surface area contributed by atoms with Crippen molar-refractivity contribution < 1.29 is 33.1 Å². The minimum Gasteiger partial charge on any atom is -0.444 e. The van der Waals surface area contributed by atoms with Gasteiger partial charge in [-0.25, -0.2) is 18.7 Å². The number of hydrogen-bond donors (Lipinski definition) is 1. The van der Waals surface area contributed by atoms with Crippen LogP contribution in [0.25, 0.3) is 0 Å². The van der Waals surface area contributed by atoms with Gasteiger partial charge in [-0.1, -0.05) is 30.3 Å². The van der Waals surface area contributed by atoms with Gasteiger partial charge in [0.25, 0.3) is 5.69 Å². The van der Waals surface area contributed by atoms with E-state index in [2.05, 4.69) is 10.4 Å². The minimum atomic E-state index is -1.45. The van der Waals surface area contributed by atoms with Gasteiger partial charge in [0, 0.05) is 24.1 Å². The number of halogens is 1. The molecule has 1 aliphatic carbocycles. The highest BCUT2D eigenvalue weighted by atomic mass is 19.1. The number of nitro groups is 1. The van der Waals surface area contributed by atoms with E-state index >= 15 is 0 Å². The number of rotatable bonds is 7. The van der Waals surface area contributed by atoms with Crippen LogP contribution in [0.2, 0.25) is 0 Å². The van der Waals surface area contributed by atoms with E-state index in [1.165, 1.54) is 24.3 Å². The molecule has 3 aromatic rings. The standard InChI is InChI=1S/C27H29FN4O7/c1-27(2,3)31-24(29-25(33)37-16-17-7-5-4-6-8-17)15-22(30-31)18-13-21(28)23(14-18)39-26(34)38-20-11-9-19(10-12-20)32(35)36/h4-12,15,18,21,23H,13-14,16H2,1-3H3,(H,29,33)/t18-,21+,23-/m0/s1. The normalized spacial score (nSPS) is 18.8. The van der Waals surface area contributed by atoms with E-state index in [0.717, 1.165) is 5.56 Å². The number of amides is 1. The molecule has 0 spiro atoms. The van der Waals surface area contributed by atoms with Gasteiger partial charge >= 0.3 is 12.2 Å². The van der Waals surface area contributed by atoms with Gasteiger partial charge in [-0.15, -0.1) is 0 Å². The molecular weight excluding hydrogens is 511 g/mol. The lowest BCUT2D eigenvalue weighted by molar-refractivity contribution is -0.384. The summed E-state index contributed by atoms with van der Waals surface area (Å²) in [6, 6.07) is 15.8. The molecule has 11 nitrogen and oxygen atoms in total. The first kappa shape index (κ1) is 27.6. The molecule has 12 heteroatoms. The monoisotopic (exact) mass is 540 g/mol. The molecule has 1 N–H and O–H groups in total. The topological polar surface area (TPSA) is 135 Å². The summed E-state index contributed by atoms with van der Waals surface area (Å²) in [5.41, 5.74) is 0.723. The van der Waals surface area contributed by atoms with E-state index in [0.29, 0.717) is 11.5 Å². The number of anilines is 1. The number of hydrogen-bond acceptors (Lipinski definition) is 8. The van der Waals surface area contributed by atoms with Gasteiger partial charge in [0.15, 0.2) is 0 Å². The van der Waals surface area contributed by atoms with Gasteiger partial charge in [-0.05, 0) is 51.3 Å². The number of nitro benzene ring substituents is 1. The van der Waals surface area contributed by atoms with Gasteiger partial charge in [0.1, 0.15) is 30.4 Å². The lowest BCUT2D eigenvalue weighted by Gasteiger charge is -2.22. The maximum absolute atomic E-state index is 14.8. The van der Waals surface area contributed by atoms with E-state index in [4.69, 9.17) is 14.2 Å². The lowest BCUT2D eigenvalue weighted by atomic mass is 10.0. The van der Waals surface area contributed by atoms with Crippen LogP contribution in [0.1, 0.15) is 50.8 Å². The highest BCUT2D eigenvalue weighted by molar-refractivity contribution is 5.83. The fourth-order valence-corrected chi connectivity index (χ4v) is 4.25. The Bertz CT molecular complexity index is 1320. The number of non-ortho nitro benzene ring substituents is 1. The first-order valence-electron chi connectivity index (χ1n) is 12.3. The summed E-state index contributed by atoms with van der Waals surface area (Å²) < 4.78 is 32.0. The maximum Gasteiger partial charge on any atom is 0.514 e. The Labute approximate surface area is 224 Å². The molecular formula is C27H29FN4O7. The summed E-state index contributed by atoms with van der Waals surface area (Å²) >= 11 is 0. The number of carbonyl (C=O) groups excluding carboxylic acids is 2. The number of benzene rings is 2. The molecule has 1 aromatic heterocycles. The highest BCUT2D eigenvalue weighted by Gasteiger charge is 2.40. The second kappa shape index (κ2) is 11.5. The minimum absolute atomic E-state index is 0.0364. The Balaban J connectivity index is 1.38. The quantitative estimate of drug-likeness (QED) is 0.165. The number of aromatic nitrogens is 2. The third kappa shape index (κ3) is 7.09. The third-order valence-electron chi connectivity index (χ3n) is 6.15. The van der Waals surface area contributed by atoms with E-state index < -0.39 is 35.0 Å². The zero-order valence-electron chi connectivity index (χ0n) is 21.7. The number of nitrogens with zero attached hydrogens (tertiary/aromatic N) is 3. The van der Waals surface area contributed by atoms with Crippen molar-refractivity contribution in [3.05, 3.63) is 82.0 Å². The van der Waals surface area contributed by atoms with E-state index in [1.807, 2.05) is 51.1 Å². The molecule has 3 atom stereocenters. The summed E-state index contributed by atoms with van der Waals surface area (Å²) in [7, 11) is 0. The fourth-order valence-electron chi connectivity index (χ4n) is 4.25. The summed E-state index contributed by atoms with van der Waals surface area (Å²) in [6.45, 7) is 5.84. The number of carbonyl (C=O) groups is 2. The highest BCUT2D eigenvalue weighted by Crippen LogP contribution is 2.39. The van der Waals surface area contributed by atoms with E-state index in [9.17, 15) is 24.1 Å². The maximum atomic E-state index is 14.8. The number of alkyl halides is 1. The van der Waals surface area contributed by atoms with Gasteiger partial charge in [-0.2, -0.15) is 5.10 Å². The molecule has 1 heterocycles. The summed E-state index contributed by atoms with van der Waals surface area (Å²) in [4.78, 5) is 34.9. The third-order valence-corrected chi connectivity index (χ3v) is 6.15. The van der Waals surface area contributed by atoms with Crippen molar-refractivity contribution in [3.63, 3.8) is 0 Å². The molecule has 0 unspecified atom stereocenters. The molecule has 0 bridgehead atoms. The van der Waals surface area contributed by atoms with Crippen molar-refractivity contribution in [2.75, 3.05) is 5.32 Å². The van der Waals surface area contributed by atoms with Crippen LogP contribution in [-0.4, -0.2) is 39.2 Å². The Morgan fingerprint density at radius 1 is 1.13 bits per heavy atom. The van der Waals surface area contributed by atoms with Crippen LogP contribution < -0.4 is 10.1 Å². The first-order chi connectivity index (χ1) is 18.5. The molecule has 1 fully saturated rings.